The van der Waals surface area contributed by atoms with Gasteiger partial charge in [0.1, 0.15) is 23.4 Å². The summed E-state index contributed by atoms with van der Waals surface area (Å²) >= 11 is 0. The molecule has 0 aliphatic heterocycles. The van der Waals surface area contributed by atoms with Crippen molar-refractivity contribution in [1.82, 2.24) is 5.32 Å². The number of nitrogens with one attached hydrogen (secondary N) is 1. The van der Waals surface area contributed by atoms with Crippen LogP contribution >= 0.6 is 0 Å². The van der Waals surface area contributed by atoms with Crippen molar-refractivity contribution < 1.29 is 23.7 Å². The third-order valence-corrected chi connectivity index (χ3v) is 3.83. The Kier molecular flexibility index (Phi) is 6.65. The van der Waals surface area contributed by atoms with Crippen LogP contribution < -0.4 is 19.5 Å². The van der Waals surface area contributed by atoms with E-state index >= 15 is 0 Å². The molecule has 1 atom stereocenters. The van der Waals surface area contributed by atoms with Crippen molar-refractivity contribution in [3.05, 3.63) is 53.6 Å². The molecular formula is C19H23NO5. The minimum Gasteiger partial charge on any atom is -0.497 e. The van der Waals surface area contributed by atoms with Crippen LogP contribution in [0.2, 0.25) is 0 Å². The first kappa shape index (κ1) is 18.6. The Balaban J connectivity index is 2.12. The van der Waals surface area contributed by atoms with Gasteiger partial charge in [-0.15, -0.1) is 0 Å². The number of carbonyl (C=O) groups is 1. The summed E-state index contributed by atoms with van der Waals surface area (Å²) in [5, 5.41) is 2.87. The molecule has 0 aliphatic rings. The minimum absolute atomic E-state index is 0.242. The van der Waals surface area contributed by atoms with Crippen LogP contribution in [0.4, 0.5) is 0 Å². The maximum absolute atomic E-state index is 12.5. The van der Waals surface area contributed by atoms with Gasteiger partial charge in [0, 0.05) is 30.8 Å². The lowest BCUT2D eigenvalue weighted by Gasteiger charge is -2.19. The molecule has 6 nitrogen and oxygen atoms in total. The van der Waals surface area contributed by atoms with Gasteiger partial charge in [-0.2, -0.15) is 0 Å². The molecule has 0 saturated heterocycles. The van der Waals surface area contributed by atoms with Gasteiger partial charge in [0.05, 0.1) is 21.3 Å². The summed E-state index contributed by atoms with van der Waals surface area (Å²) in [6.07, 6.45) is -0.326. The Morgan fingerprint density at radius 1 is 0.960 bits per heavy atom. The summed E-state index contributed by atoms with van der Waals surface area (Å²) < 4.78 is 21.3. The number of rotatable bonds is 8. The highest BCUT2D eigenvalue weighted by atomic mass is 16.5. The fourth-order valence-electron chi connectivity index (χ4n) is 2.48. The van der Waals surface area contributed by atoms with Crippen molar-refractivity contribution in [1.29, 1.82) is 0 Å². The van der Waals surface area contributed by atoms with E-state index in [4.69, 9.17) is 18.9 Å². The zero-order valence-corrected chi connectivity index (χ0v) is 14.9. The van der Waals surface area contributed by atoms with Crippen LogP contribution in [0.15, 0.2) is 42.5 Å². The van der Waals surface area contributed by atoms with E-state index in [-0.39, 0.29) is 12.0 Å². The highest BCUT2D eigenvalue weighted by molar-refractivity contribution is 5.95. The summed E-state index contributed by atoms with van der Waals surface area (Å²) in [4.78, 5) is 12.5. The Bertz CT molecular complexity index is 694. The van der Waals surface area contributed by atoms with E-state index in [2.05, 4.69) is 5.32 Å². The molecule has 0 fully saturated rings. The van der Waals surface area contributed by atoms with Crippen molar-refractivity contribution >= 4 is 5.91 Å². The molecule has 0 spiro atoms. The molecule has 2 aromatic rings. The molecule has 0 aromatic heterocycles. The van der Waals surface area contributed by atoms with Gasteiger partial charge >= 0.3 is 0 Å². The Morgan fingerprint density at radius 2 is 1.60 bits per heavy atom. The van der Waals surface area contributed by atoms with Crippen molar-refractivity contribution in [2.45, 2.75) is 6.10 Å². The van der Waals surface area contributed by atoms with Crippen LogP contribution in [0, 0.1) is 0 Å². The summed E-state index contributed by atoms with van der Waals surface area (Å²) in [7, 11) is 6.28. The lowest BCUT2D eigenvalue weighted by Crippen LogP contribution is -2.29. The fraction of sp³-hybridized carbons (Fsp3) is 0.316. The van der Waals surface area contributed by atoms with Crippen molar-refractivity contribution in [2.75, 3.05) is 35.0 Å². The number of para-hydroxylation sites is 1. The molecule has 1 amide bonds. The van der Waals surface area contributed by atoms with Crippen LogP contribution in [-0.2, 0) is 4.74 Å². The zero-order valence-electron chi connectivity index (χ0n) is 14.9. The zero-order chi connectivity index (χ0) is 18.2. The highest BCUT2D eigenvalue weighted by Gasteiger charge is 2.17. The van der Waals surface area contributed by atoms with E-state index in [1.165, 1.54) is 0 Å². The molecule has 0 saturated carbocycles. The van der Waals surface area contributed by atoms with E-state index in [0.717, 1.165) is 5.56 Å². The van der Waals surface area contributed by atoms with Gasteiger partial charge in [-0.25, -0.2) is 0 Å². The molecule has 6 heteroatoms. The van der Waals surface area contributed by atoms with E-state index in [9.17, 15) is 4.79 Å². The predicted molar refractivity (Wildman–Crippen MR) is 94.6 cm³/mol. The summed E-state index contributed by atoms with van der Waals surface area (Å²) in [5.41, 5.74) is 1.32. The van der Waals surface area contributed by atoms with Crippen molar-refractivity contribution in [3.63, 3.8) is 0 Å². The summed E-state index contributed by atoms with van der Waals surface area (Å²) in [6, 6.07) is 12.6. The second-order valence-corrected chi connectivity index (χ2v) is 5.28. The van der Waals surface area contributed by atoms with Gasteiger partial charge in [-0.1, -0.05) is 18.2 Å². The van der Waals surface area contributed by atoms with E-state index in [1.807, 2.05) is 24.3 Å². The Labute approximate surface area is 147 Å². The molecule has 2 aromatic carbocycles. The molecule has 0 radical (unpaired) electrons. The number of carbonyl (C=O) groups excluding carboxylic acids is 1. The van der Waals surface area contributed by atoms with Crippen molar-refractivity contribution in [3.8, 4) is 17.2 Å². The van der Waals surface area contributed by atoms with Gasteiger partial charge < -0.3 is 24.3 Å². The van der Waals surface area contributed by atoms with Crippen LogP contribution in [0.3, 0.4) is 0 Å². The van der Waals surface area contributed by atoms with E-state index in [0.29, 0.717) is 29.4 Å². The third-order valence-electron chi connectivity index (χ3n) is 3.83. The van der Waals surface area contributed by atoms with Crippen molar-refractivity contribution in [2.24, 2.45) is 0 Å². The number of methoxy groups -OCH3 is 4. The topological polar surface area (TPSA) is 66.0 Å². The van der Waals surface area contributed by atoms with Crippen LogP contribution in [0.5, 0.6) is 17.2 Å². The van der Waals surface area contributed by atoms with Gasteiger partial charge in [0.15, 0.2) is 0 Å². The minimum atomic E-state index is -0.326. The maximum Gasteiger partial charge on any atom is 0.251 e. The molecule has 0 aliphatic carbocycles. The van der Waals surface area contributed by atoms with Crippen LogP contribution in [0.25, 0.3) is 0 Å². The predicted octanol–water partition coefficient (Wildman–Crippen LogP) is 2.83. The normalized spacial score (nSPS) is 11.5. The molecule has 25 heavy (non-hydrogen) atoms. The average Bonchev–Trinajstić information content (AvgIpc) is 2.68. The number of amides is 1. The molecule has 1 N–H and O–H groups in total. The van der Waals surface area contributed by atoms with Gasteiger partial charge in [-0.05, 0) is 18.2 Å². The first-order valence-corrected chi connectivity index (χ1v) is 7.80. The van der Waals surface area contributed by atoms with Crippen LogP contribution in [0.1, 0.15) is 22.0 Å². The summed E-state index contributed by atoms with van der Waals surface area (Å²) in [5.74, 6) is 1.58. The fourth-order valence-corrected chi connectivity index (χ4v) is 2.48. The molecular weight excluding hydrogens is 322 g/mol. The number of hydrogen-bond acceptors (Lipinski definition) is 5. The van der Waals surface area contributed by atoms with Gasteiger partial charge in [0.2, 0.25) is 0 Å². The largest absolute Gasteiger partial charge is 0.497 e. The monoisotopic (exact) mass is 345 g/mol. The number of ether oxygens (including phenoxy) is 4. The lowest BCUT2D eigenvalue weighted by atomic mass is 10.1. The van der Waals surface area contributed by atoms with Crippen LogP contribution in [-0.4, -0.2) is 40.9 Å². The average molecular weight is 345 g/mol. The maximum atomic E-state index is 12.5. The van der Waals surface area contributed by atoms with Gasteiger partial charge in [-0.3, -0.25) is 4.79 Å². The molecule has 0 unspecified atom stereocenters. The van der Waals surface area contributed by atoms with E-state index in [1.54, 1.807) is 46.6 Å². The second-order valence-electron chi connectivity index (χ2n) is 5.28. The van der Waals surface area contributed by atoms with Gasteiger partial charge in [0.25, 0.3) is 5.91 Å². The number of benzene rings is 2. The summed E-state index contributed by atoms with van der Waals surface area (Å²) in [6.45, 7) is 0.301. The molecule has 2 rings (SSSR count). The Morgan fingerprint density at radius 3 is 2.16 bits per heavy atom. The second kappa shape index (κ2) is 8.94. The highest BCUT2D eigenvalue weighted by Crippen LogP contribution is 2.27. The first-order chi connectivity index (χ1) is 12.1. The lowest BCUT2D eigenvalue weighted by molar-refractivity contribution is 0.0818. The SMILES string of the molecule is COc1cc(OC)cc(C(=O)NC[C@H](OC)c2ccccc2OC)c1. The third kappa shape index (κ3) is 4.64. The molecule has 0 heterocycles. The molecule has 0 bridgehead atoms. The first-order valence-electron chi connectivity index (χ1n) is 7.80. The standard InChI is InChI=1S/C19H23NO5/c1-22-14-9-13(10-15(11-14)23-2)19(21)20-12-18(25-4)16-7-5-6-8-17(16)24-3/h5-11,18H,12H2,1-4H3,(H,20,21)/t18-/m0/s1. The quantitative estimate of drug-likeness (QED) is 0.797. The molecule has 134 valence electrons. The van der Waals surface area contributed by atoms with E-state index < -0.39 is 0 Å². The smallest absolute Gasteiger partial charge is 0.251 e. The Hall–Kier alpha value is -2.73. The number of hydrogen-bond donors (Lipinski definition) is 1.